The highest BCUT2D eigenvalue weighted by molar-refractivity contribution is 4.96. The van der Waals surface area contributed by atoms with E-state index in [2.05, 4.69) is 32.7 Å². The predicted octanol–water partition coefficient (Wildman–Crippen LogP) is 2.31. The molecule has 72 valence electrons. The molecule has 0 unspecified atom stereocenters. The molecule has 0 rings (SSSR count). The lowest BCUT2D eigenvalue weighted by atomic mass is 10.1. The number of hydrogen-bond acceptors (Lipinski definition) is 2. The molecule has 0 bridgehead atoms. The van der Waals surface area contributed by atoms with E-state index in [1.807, 2.05) is 13.8 Å². The Labute approximate surface area is 76.0 Å². The van der Waals surface area contributed by atoms with Crippen molar-refractivity contribution in [2.24, 2.45) is 0 Å². The molecule has 0 aromatic heterocycles. The fraction of sp³-hybridized carbons (Fsp3) is 0.800. The molecule has 0 amide bonds. The number of ether oxygens (including phenoxy) is 1. The Balaban J connectivity index is 3.61. The van der Waals surface area contributed by atoms with Crippen molar-refractivity contribution in [3.63, 3.8) is 0 Å². The Kier molecular flexibility index (Phi) is 4.32. The second kappa shape index (κ2) is 4.51. The van der Waals surface area contributed by atoms with Gasteiger partial charge in [-0.2, -0.15) is 0 Å². The van der Waals surface area contributed by atoms with E-state index < -0.39 is 0 Å². The fourth-order valence-electron chi connectivity index (χ4n) is 0.834. The molecule has 0 saturated heterocycles. The van der Waals surface area contributed by atoms with E-state index in [0.29, 0.717) is 6.61 Å². The molecular weight excluding hydrogens is 150 g/mol. The fourth-order valence-corrected chi connectivity index (χ4v) is 0.834. The van der Waals surface area contributed by atoms with Crippen molar-refractivity contribution in [1.82, 2.24) is 5.32 Å². The normalized spacial score (nSPS) is 11.8. The zero-order valence-electron chi connectivity index (χ0n) is 8.90. The topological polar surface area (TPSA) is 21.3 Å². The van der Waals surface area contributed by atoms with Gasteiger partial charge in [0, 0.05) is 11.2 Å². The average molecular weight is 171 g/mol. The van der Waals surface area contributed by atoms with E-state index in [1.54, 1.807) is 0 Å². The minimum absolute atomic E-state index is 0.0808. The first-order valence-electron chi connectivity index (χ1n) is 4.39. The van der Waals surface area contributed by atoms with Gasteiger partial charge in [0.2, 0.25) is 0 Å². The third-order valence-electron chi connectivity index (χ3n) is 1.14. The van der Waals surface area contributed by atoms with Gasteiger partial charge in [-0.15, -0.1) is 0 Å². The van der Waals surface area contributed by atoms with Gasteiger partial charge in [-0.25, -0.2) is 0 Å². The highest BCUT2D eigenvalue weighted by atomic mass is 16.5. The van der Waals surface area contributed by atoms with E-state index in [0.717, 1.165) is 5.70 Å². The van der Waals surface area contributed by atoms with Crippen LogP contribution in [0.15, 0.2) is 12.3 Å². The van der Waals surface area contributed by atoms with Crippen LogP contribution in [0.5, 0.6) is 0 Å². The maximum Gasteiger partial charge on any atom is 0.0859 e. The third kappa shape index (κ3) is 7.61. The van der Waals surface area contributed by atoms with Crippen molar-refractivity contribution in [3.05, 3.63) is 12.3 Å². The quantitative estimate of drug-likeness (QED) is 0.701. The van der Waals surface area contributed by atoms with Gasteiger partial charge in [0.25, 0.3) is 0 Å². The molecule has 2 heteroatoms. The lowest BCUT2D eigenvalue weighted by Gasteiger charge is -2.24. The molecule has 0 aliphatic rings. The molecule has 12 heavy (non-hydrogen) atoms. The second-order valence-corrected chi connectivity index (χ2v) is 4.34. The summed E-state index contributed by atoms with van der Waals surface area (Å²) in [5.41, 5.74) is 1.02. The number of nitrogens with one attached hydrogen (secondary N) is 1. The molecule has 1 N–H and O–H groups in total. The van der Waals surface area contributed by atoms with Crippen LogP contribution < -0.4 is 5.32 Å². The lowest BCUT2D eigenvalue weighted by Crippen LogP contribution is -2.36. The summed E-state index contributed by atoms with van der Waals surface area (Å²) in [6.45, 7) is 14.8. The maximum absolute atomic E-state index is 5.39. The van der Waals surface area contributed by atoms with Crippen LogP contribution in [0, 0.1) is 0 Å². The second-order valence-electron chi connectivity index (χ2n) is 4.34. The SMILES string of the molecule is C=C(COC(C)C)NC(C)(C)C. The van der Waals surface area contributed by atoms with Crippen LogP contribution in [-0.2, 0) is 4.74 Å². The summed E-state index contributed by atoms with van der Waals surface area (Å²) >= 11 is 0. The van der Waals surface area contributed by atoms with Gasteiger partial charge in [0.15, 0.2) is 0 Å². The Morgan fingerprint density at radius 3 is 2.25 bits per heavy atom. The van der Waals surface area contributed by atoms with Gasteiger partial charge in [-0.05, 0) is 34.6 Å². The molecule has 0 atom stereocenters. The van der Waals surface area contributed by atoms with Crippen LogP contribution in [0.4, 0.5) is 0 Å². The van der Waals surface area contributed by atoms with Crippen LogP contribution in [0.3, 0.4) is 0 Å². The van der Waals surface area contributed by atoms with Crippen molar-refractivity contribution in [2.45, 2.75) is 46.3 Å². The van der Waals surface area contributed by atoms with Crippen LogP contribution in [0.25, 0.3) is 0 Å². The van der Waals surface area contributed by atoms with Crippen LogP contribution in [-0.4, -0.2) is 18.2 Å². The molecule has 0 aliphatic carbocycles. The molecule has 0 fully saturated rings. The van der Waals surface area contributed by atoms with E-state index in [-0.39, 0.29) is 11.6 Å². The van der Waals surface area contributed by atoms with Gasteiger partial charge in [-0.3, -0.25) is 0 Å². The van der Waals surface area contributed by atoms with E-state index in [9.17, 15) is 0 Å². The summed E-state index contributed by atoms with van der Waals surface area (Å²) < 4.78 is 5.39. The van der Waals surface area contributed by atoms with Crippen molar-refractivity contribution >= 4 is 0 Å². The van der Waals surface area contributed by atoms with Crippen molar-refractivity contribution in [1.29, 1.82) is 0 Å². The summed E-state index contributed by atoms with van der Waals surface area (Å²) in [5.74, 6) is 0. The van der Waals surface area contributed by atoms with Gasteiger partial charge in [0.05, 0.1) is 12.7 Å². The molecule has 0 spiro atoms. The zero-order chi connectivity index (χ0) is 9.78. The summed E-state index contributed by atoms with van der Waals surface area (Å²) in [7, 11) is 0. The van der Waals surface area contributed by atoms with Crippen LogP contribution in [0.1, 0.15) is 34.6 Å². The standard InChI is InChI=1S/C10H21NO/c1-8(2)12-7-9(3)11-10(4,5)6/h8,11H,3,7H2,1-2,4-6H3. The van der Waals surface area contributed by atoms with E-state index >= 15 is 0 Å². The summed E-state index contributed by atoms with van der Waals surface area (Å²) in [6.07, 6.45) is 0.267. The molecule has 2 nitrogen and oxygen atoms in total. The van der Waals surface area contributed by atoms with Crippen molar-refractivity contribution < 1.29 is 4.74 Å². The van der Waals surface area contributed by atoms with Gasteiger partial charge in [0.1, 0.15) is 0 Å². The summed E-state index contributed by atoms with van der Waals surface area (Å²) in [4.78, 5) is 0. The summed E-state index contributed by atoms with van der Waals surface area (Å²) in [5, 5.41) is 3.26. The number of hydrogen-bond donors (Lipinski definition) is 1. The molecule has 0 aromatic rings. The van der Waals surface area contributed by atoms with Gasteiger partial charge in [-0.1, -0.05) is 6.58 Å². The Morgan fingerprint density at radius 2 is 1.92 bits per heavy atom. The number of rotatable bonds is 4. The Hall–Kier alpha value is -0.500. The monoisotopic (exact) mass is 171 g/mol. The first-order valence-corrected chi connectivity index (χ1v) is 4.39. The molecular formula is C10H21NO. The van der Waals surface area contributed by atoms with Gasteiger partial charge < -0.3 is 10.1 Å². The highest BCUT2D eigenvalue weighted by Crippen LogP contribution is 2.03. The van der Waals surface area contributed by atoms with Crippen LogP contribution in [0.2, 0.25) is 0 Å². The molecule has 0 saturated carbocycles. The smallest absolute Gasteiger partial charge is 0.0859 e. The first-order chi connectivity index (χ1) is 5.31. The zero-order valence-corrected chi connectivity index (χ0v) is 8.90. The minimum Gasteiger partial charge on any atom is -0.382 e. The predicted molar refractivity (Wildman–Crippen MR) is 53.1 cm³/mol. The Morgan fingerprint density at radius 1 is 1.42 bits per heavy atom. The third-order valence-corrected chi connectivity index (χ3v) is 1.14. The average Bonchev–Trinajstić information content (AvgIpc) is 1.79. The molecule has 0 heterocycles. The lowest BCUT2D eigenvalue weighted by molar-refractivity contribution is 0.0924. The largest absolute Gasteiger partial charge is 0.382 e. The molecule has 0 radical (unpaired) electrons. The van der Waals surface area contributed by atoms with E-state index in [1.165, 1.54) is 0 Å². The summed E-state index contributed by atoms with van der Waals surface area (Å²) in [6, 6.07) is 0. The van der Waals surface area contributed by atoms with E-state index in [4.69, 9.17) is 4.74 Å². The maximum atomic E-state index is 5.39. The van der Waals surface area contributed by atoms with Crippen molar-refractivity contribution in [2.75, 3.05) is 6.61 Å². The minimum atomic E-state index is 0.0808. The molecule has 0 aromatic carbocycles. The highest BCUT2D eigenvalue weighted by Gasteiger charge is 2.09. The molecule has 0 aliphatic heterocycles. The van der Waals surface area contributed by atoms with Gasteiger partial charge >= 0.3 is 0 Å². The van der Waals surface area contributed by atoms with Crippen LogP contribution >= 0.6 is 0 Å². The Bertz CT molecular complexity index is 144. The van der Waals surface area contributed by atoms with Crippen molar-refractivity contribution in [3.8, 4) is 0 Å². The first kappa shape index (κ1) is 11.5.